The van der Waals surface area contributed by atoms with Crippen molar-refractivity contribution in [1.82, 2.24) is 14.9 Å². The molecular weight excluding hydrogens is 254 g/mol. The first kappa shape index (κ1) is 14.7. The van der Waals surface area contributed by atoms with Gasteiger partial charge in [0.1, 0.15) is 5.69 Å². The van der Waals surface area contributed by atoms with Crippen LogP contribution in [0.25, 0.3) is 0 Å². The van der Waals surface area contributed by atoms with E-state index in [2.05, 4.69) is 4.98 Å². The Morgan fingerprint density at radius 3 is 2.58 bits per heavy atom. The maximum absolute atomic E-state index is 11.9. The Morgan fingerprint density at radius 1 is 1.32 bits per heavy atom. The number of ether oxygens (including phenoxy) is 1. The predicted molar refractivity (Wildman–Crippen MR) is 65.9 cm³/mol. The van der Waals surface area contributed by atoms with Crippen LogP contribution >= 0.6 is 0 Å². The Kier molecular flexibility index (Phi) is 5.04. The van der Waals surface area contributed by atoms with Gasteiger partial charge in [-0.2, -0.15) is 0 Å². The van der Waals surface area contributed by atoms with E-state index in [9.17, 15) is 19.2 Å². The summed E-state index contributed by atoms with van der Waals surface area (Å²) >= 11 is 0. The van der Waals surface area contributed by atoms with Gasteiger partial charge in [0, 0.05) is 19.7 Å². The summed E-state index contributed by atoms with van der Waals surface area (Å²) in [6.07, 6.45) is 0.0451. The van der Waals surface area contributed by atoms with Crippen LogP contribution in [0.5, 0.6) is 0 Å². The summed E-state index contributed by atoms with van der Waals surface area (Å²) in [5.74, 6) is -0.964. The summed E-state index contributed by atoms with van der Waals surface area (Å²) in [5, 5.41) is 0. The van der Waals surface area contributed by atoms with Gasteiger partial charge in [-0.25, -0.2) is 4.79 Å². The molecule has 0 saturated heterocycles. The number of nitrogens with zero attached hydrogens (tertiary/aromatic N) is 1. The molecule has 8 heteroatoms. The zero-order valence-electron chi connectivity index (χ0n) is 10.7. The van der Waals surface area contributed by atoms with Crippen molar-refractivity contribution in [3.63, 3.8) is 0 Å². The van der Waals surface area contributed by atoms with E-state index in [1.807, 2.05) is 4.98 Å². The summed E-state index contributed by atoms with van der Waals surface area (Å²) in [5.41, 5.74) is -1.54. The highest BCUT2D eigenvalue weighted by Crippen LogP contribution is 1.97. The number of esters is 1. The molecule has 0 aliphatic heterocycles. The zero-order valence-corrected chi connectivity index (χ0v) is 10.7. The number of carbonyl (C=O) groups is 2. The summed E-state index contributed by atoms with van der Waals surface area (Å²) < 4.78 is 4.73. The fourth-order valence-electron chi connectivity index (χ4n) is 1.38. The fourth-order valence-corrected chi connectivity index (χ4v) is 1.38. The number of carbonyl (C=O) groups excluding carboxylic acids is 2. The van der Waals surface area contributed by atoms with Crippen LogP contribution in [0.2, 0.25) is 0 Å². The SMILES string of the molecule is CCOC(=O)CCN(C)C(=O)c1cc(=O)[nH]c(=O)[nH]1. The molecule has 19 heavy (non-hydrogen) atoms. The molecule has 0 radical (unpaired) electrons. The highest BCUT2D eigenvalue weighted by atomic mass is 16.5. The van der Waals surface area contributed by atoms with Crippen LogP contribution in [0.1, 0.15) is 23.8 Å². The van der Waals surface area contributed by atoms with E-state index in [1.54, 1.807) is 6.92 Å². The summed E-state index contributed by atoms with van der Waals surface area (Å²) in [6, 6.07) is 0.991. The fraction of sp³-hybridized carbons (Fsp3) is 0.455. The Hall–Kier alpha value is -2.38. The smallest absolute Gasteiger partial charge is 0.326 e. The maximum Gasteiger partial charge on any atom is 0.326 e. The molecule has 0 atom stereocenters. The van der Waals surface area contributed by atoms with Gasteiger partial charge in [0.25, 0.3) is 11.5 Å². The number of hydrogen-bond donors (Lipinski definition) is 2. The third-order valence-corrected chi connectivity index (χ3v) is 2.29. The van der Waals surface area contributed by atoms with Crippen LogP contribution in [0, 0.1) is 0 Å². The minimum Gasteiger partial charge on any atom is -0.466 e. The van der Waals surface area contributed by atoms with Crippen molar-refractivity contribution in [1.29, 1.82) is 0 Å². The third-order valence-electron chi connectivity index (χ3n) is 2.29. The van der Waals surface area contributed by atoms with Gasteiger partial charge in [-0.3, -0.25) is 19.4 Å². The molecule has 0 aliphatic carbocycles. The van der Waals surface area contributed by atoms with Crippen molar-refractivity contribution in [2.24, 2.45) is 0 Å². The first-order valence-corrected chi connectivity index (χ1v) is 5.68. The van der Waals surface area contributed by atoms with Crippen molar-refractivity contribution < 1.29 is 14.3 Å². The van der Waals surface area contributed by atoms with Gasteiger partial charge in [-0.05, 0) is 6.92 Å². The Balaban J connectivity index is 2.69. The summed E-state index contributed by atoms with van der Waals surface area (Å²) in [7, 11) is 1.46. The van der Waals surface area contributed by atoms with Crippen molar-refractivity contribution in [3.05, 3.63) is 32.6 Å². The molecule has 2 N–H and O–H groups in total. The monoisotopic (exact) mass is 269 g/mol. The minimum absolute atomic E-state index is 0.0451. The lowest BCUT2D eigenvalue weighted by Crippen LogP contribution is -2.33. The normalized spacial score (nSPS) is 10.0. The average molecular weight is 269 g/mol. The number of hydrogen-bond acceptors (Lipinski definition) is 5. The number of amides is 1. The summed E-state index contributed by atoms with van der Waals surface area (Å²) in [4.78, 5) is 50.5. The van der Waals surface area contributed by atoms with Gasteiger partial charge in [-0.15, -0.1) is 0 Å². The molecule has 0 saturated carbocycles. The molecule has 1 aromatic heterocycles. The van der Waals surface area contributed by atoms with Crippen molar-refractivity contribution in [2.45, 2.75) is 13.3 Å². The Morgan fingerprint density at radius 2 is 2.00 bits per heavy atom. The van der Waals surface area contributed by atoms with E-state index >= 15 is 0 Å². The molecule has 1 rings (SSSR count). The van der Waals surface area contributed by atoms with E-state index in [1.165, 1.54) is 11.9 Å². The van der Waals surface area contributed by atoms with Crippen LogP contribution in [0.4, 0.5) is 0 Å². The van der Waals surface area contributed by atoms with Crippen LogP contribution in [0.15, 0.2) is 15.7 Å². The number of aromatic nitrogens is 2. The zero-order chi connectivity index (χ0) is 14.4. The standard InChI is InChI=1S/C11H15N3O5/c1-3-19-9(16)4-5-14(2)10(17)7-6-8(15)13-11(18)12-7/h6H,3-5H2,1-2H3,(H2,12,13,15,18). The lowest BCUT2D eigenvalue weighted by atomic mass is 10.3. The molecule has 0 aliphatic rings. The Bertz CT molecular complexity index is 546. The highest BCUT2D eigenvalue weighted by molar-refractivity contribution is 5.92. The van der Waals surface area contributed by atoms with Crippen molar-refractivity contribution in [2.75, 3.05) is 20.2 Å². The van der Waals surface area contributed by atoms with Crippen molar-refractivity contribution >= 4 is 11.9 Å². The molecular formula is C11H15N3O5. The van der Waals surface area contributed by atoms with Crippen LogP contribution < -0.4 is 11.2 Å². The quantitative estimate of drug-likeness (QED) is 0.672. The average Bonchev–Trinajstić information content (AvgIpc) is 2.34. The second-order valence-corrected chi connectivity index (χ2v) is 3.78. The number of H-pyrrole nitrogens is 2. The molecule has 1 aromatic rings. The van der Waals surface area contributed by atoms with Gasteiger partial charge >= 0.3 is 11.7 Å². The topological polar surface area (TPSA) is 112 Å². The maximum atomic E-state index is 11.9. The predicted octanol–water partition coefficient (Wildman–Crippen LogP) is -0.912. The largest absolute Gasteiger partial charge is 0.466 e. The van der Waals surface area contributed by atoms with Gasteiger partial charge in [0.15, 0.2) is 0 Å². The molecule has 0 bridgehead atoms. The number of aromatic amines is 2. The molecule has 104 valence electrons. The van der Waals surface area contributed by atoms with Crippen LogP contribution in [-0.2, 0) is 9.53 Å². The highest BCUT2D eigenvalue weighted by Gasteiger charge is 2.15. The van der Waals surface area contributed by atoms with Gasteiger partial charge < -0.3 is 14.6 Å². The van der Waals surface area contributed by atoms with Crippen molar-refractivity contribution in [3.8, 4) is 0 Å². The first-order chi connectivity index (χ1) is 8.93. The number of nitrogens with one attached hydrogen (secondary N) is 2. The van der Waals surface area contributed by atoms with Crippen LogP contribution in [-0.4, -0.2) is 46.9 Å². The van der Waals surface area contributed by atoms with E-state index < -0.39 is 23.1 Å². The molecule has 0 aromatic carbocycles. The third kappa shape index (κ3) is 4.41. The van der Waals surface area contributed by atoms with E-state index in [4.69, 9.17) is 4.74 Å². The van der Waals surface area contributed by atoms with Gasteiger partial charge in [0.05, 0.1) is 13.0 Å². The summed E-state index contributed by atoms with van der Waals surface area (Å²) in [6.45, 7) is 2.10. The van der Waals surface area contributed by atoms with Gasteiger partial charge in [-0.1, -0.05) is 0 Å². The molecule has 8 nitrogen and oxygen atoms in total. The molecule has 1 amide bonds. The Labute approximate surface area is 108 Å². The second-order valence-electron chi connectivity index (χ2n) is 3.78. The lowest BCUT2D eigenvalue weighted by Gasteiger charge is -2.15. The number of rotatable bonds is 5. The van der Waals surface area contributed by atoms with E-state index in [0.29, 0.717) is 0 Å². The van der Waals surface area contributed by atoms with E-state index in [0.717, 1.165) is 6.07 Å². The minimum atomic E-state index is -0.755. The second kappa shape index (κ2) is 6.53. The van der Waals surface area contributed by atoms with E-state index in [-0.39, 0.29) is 25.3 Å². The van der Waals surface area contributed by atoms with Gasteiger partial charge in [0.2, 0.25) is 0 Å². The first-order valence-electron chi connectivity index (χ1n) is 5.68. The molecule has 0 unspecified atom stereocenters. The molecule has 0 fully saturated rings. The molecule has 1 heterocycles. The molecule has 0 spiro atoms. The van der Waals surface area contributed by atoms with Crippen LogP contribution in [0.3, 0.4) is 0 Å². The lowest BCUT2D eigenvalue weighted by molar-refractivity contribution is -0.143.